The van der Waals surface area contributed by atoms with Crippen LogP contribution in [0.3, 0.4) is 0 Å². The van der Waals surface area contributed by atoms with Gasteiger partial charge in [-0.3, -0.25) is 4.40 Å². The summed E-state index contributed by atoms with van der Waals surface area (Å²) in [6.45, 7) is 0.194. The van der Waals surface area contributed by atoms with Crippen LogP contribution in [-0.2, 0) is 6.54 Å². The molecular weight excluding hydrogens is 349 g/mol. The Kier molecular flexibility index (Phi) is 3.54. The molecule has 2 heterocycles. The van der Waals surface area contributed by atoms with Crippen molar-refractivity contribution in [2.24, 2.45) is 0 Å². The molecule has 0 aliphatic heterocycles. The van der Waals surface area contributed by atoms with Crippen molar-refractivity contribution in [3.8, 4) is 0 Å². The monoisotopic (exact) mass is 356 g/mol. The topological polar surface area (TPSA) is 42.2 Å². The fourth-order valence-corrected chi connectivity index (χ4v) is 2.20. The Balaban J connectivity index is 1.87. The molecule has 0 spiro atoms. The van der Waals surface area contributed by atoms with Crippen LogP contribution in [0.5, 0.6) is 0 Å². The number of aromatic nitrogens is 3. The first kappa shape index (κ1) is 13.9. The van der Waals surface area contributed by atoms with Gasteiger partial charge in [-0.05, 0) is 28.1 Å². The molecule has 0 unspecified atom stereocenters. The van der Waals surface area contributed by atoms with Gasteiger partial charge in [0, 0.05) is 6.20 Å². The molecule has 0 aliphatic rings. The smallest absolute Gasteiger partial charge is 0.196 e. The lowest BCUT2D eigenvalue weighted by molar-refractivity contribution is 0.449. The second-order valence-corrected chi connectivity index (χ2v) is 5.08. The number of imidazole rings is 1. The van der Waals surface area contributed by atoms with Gasteiger partial charge in [-0.2, -0.15) is 0 Å². The van der Waals surface area contributed by atoms with Crippen LogP contribution in [-0.4, -0.2) is 14.4 Å². The minimum Gasteiger partial charge on any atom is -0.377 e. The maximum Gasteiger partial charge on any atom is 0.196 e. The molecule has 0 radical (unpaired) electrons. The van der Waals surface area contributed by atoms with Crippen LogP contribution in [0.4, 0.5) is 18.9 Å². The number of nitrogens with one attached hydrogen (secondary N) is 1. The highest BCUT2D eigenvalue weighted by Gasteiger charge is 2.13. The van der Waals surface area contributed by atoms with Crippen molar-refractivity contribution < 1.29 is 13.2 Å². The van der Waals surface area contributed by atoms with E-state index in [4.69, 9.17) is 0 Å². The first-order valence-corrected chi connectivity index (χ1v) is 6.70. The summed E-state index contributed by atoms with van der Waals surface area (Å²) in [6.07, 6.45) is 4.88. The van der Waals surface area contributed by atoms with E-state index < -0.39 is 17.5 Å². The van der Waals surface area contributed by atoms with E-state index in [1.807, 2.05) is 0 Å². The summed E-state index contributed by atoms with van der Waals surface area (Å²) < 4.78 is 41.9. The highest BCUT2D eigenvalue weighted by Crippen LogP contribution is 2.20. The second kappa shape index (κ2) is 5.36. The zero-order valence-electron chi connectivity index (χ0n) is 10.4. The molecule has 0 saturated heterocycles. The van der Waals surface area contributed by atoms with E-state index in [-0.39, 0.29) is 12.2 Å². The van der Waals surface area contributed by atoms with E-state index in [9.17, 15) is 13.2 Å². The van der Waals surface area contributed by atoms with Gasteiger partial charge in [-0.15, -0.1) is 0 Å². The minimum atomic E-state index is -1.50. The second-order valence-electron chi connectivity index (χ2n) is 4.26. The van der Waals surface area contributed by atoms with Crippen molar-refractivity contribution in [1.82, 2.24) is 14.4 Å². The van der Waals surface area contributed by atoms with Gasteiger partial charge in [0.2, 0.25) is 0 Å². The van der Waals surface area contributed by atoms with E-state index in [1.165, 1.54) is 0 Å². The quantitative estimate of drug-likeness (QED) is 0.730. The van der Waals surface area contributed by atoms with Crippen LogP contribution in [0, 0.1) is 17.5 Å². The third-order valence-corrected chi connectivity index (χ3v) is 3.35. The van der Waals surface area contributed by atoms with Crippen LogP contribution in [0.2, 0.25) is 0 Å². The molecule has 8 heteroatoms. The van der Waals surface area contributed by atoms with Gasteiger partial charge in [-0.1, -0.05) is 0 Å². The molecule has 3 rings (SSSR count). The lowest BCUT2D eigenvalue weighted by Crippen LogP contribution is -2.06. The van der Waals surface area contributed by atoms with E-state index in [0.717, 1.165) is 17.8 Å². The highest BCUT2D eigenvalue weighted by molar-refractivity contribution is 9.10. The van der Waals surface area contributed by atoms with Crippen molar-refractivity contribution in [3.63, 3.8) is 0 Å². The number of halogens is 4. The first-order chi connectivity index (χ1) is 10.1. The number of benzene rings is 1. The Morgan fingerprint density at radius 3 is 2.71 bits per heavy atom. The van der Waals surface area contributed by atoms with Crippen molar-refractivity contribution in [2.75, 3.05) is 5.32 Å². The predicted molar refractivity (Wildman–Crippen MR) is 74.3 cm³/mol. The lowest BCUT2D eigenvalue weighted by Gasteiger charge is -2.08. The van der Waals surface area contributed by atoms with Gasteiger partial charge >= 0.3 is 0 Å². The molecule has 0 atom stereocenters. The summed E-state index contributed by atoms with van der Waals surface area (Å²) in [6, 6.07) is 2.02. The number of nitrogens with zero attached hydrogens (tertiary/aromatic N) is 3. The fourth-order valence-electron chi connectivity index (χ4n) is 1.90. The van der Waals surface area contributed by atoms with Gasteiger partial charge in [0.1, 0.15) is 4.60 Å². The Hall–Kier alpha value is -2.09. The standard InChI is InChI=1S/C13H8BrF3N4/c14-10-6-21-7(4-20-11(21)5-19-10)3-18-9-2-1-8(15)12(16)13(9)17/h1-2,4-6,18H,3H2. The van der Waals surface area contributed by atoms with E-state index in [0.29, 0.717) is 10.3 Å². The van der Waals surface area contributed by atoms with Crippen LogP contribution >= 0.6 is 15.9 Å². The van der Waals surface area contributed by atoms with Gasteiger partial charge in [-0.25, -0.2) is 23.1 Å². The fraction of sp³-hybridized carbons (Fsp3) is 0.0769. The van der Waals surface area contributed by atoms with Crippen molar-refractivity contribution in [3.05, 3.63) is 58.5 Å². The highest BCUT2D eigenvalue weighted by atomic mass is 79.9. The lowest BCUT2D eigenvalue weighted by atomic mass is 10.2. The third-order valence-electron chi connectivity index (χ3n) is 2.94. The van der Waals surface area contributed by atoms with Crippen molar-refractivity contribution in [1.29, 1.82) is 0 Å². The normalized spacial score (nSPS) is 11.0. The number of anilines is 1. The summed E-state index contributed by atoms with van der Waals surface area (Å²) in [5.41, 5.74) is 1.23. The molecular formula is C13H8BrF3N4. The number of fused-ring (bicyclic) bond motifs is 1. The zero-order valence-corrected chi connectivity index (χ0v) is 12.0. The van der Waals surface area contributed by atoms with Gasteiger partial charge in [0.15, 0.2) is 23.1 Å². The number of hydrogen-bond acceptors (Lipinski definition) is 3. The van der Waals surface area contributed by atoms with Crippen LogP contribution in [0.15, 0.2) is 35.3 Å². The molecule has 1 N–H and O–H groups in total. The van der Waals surface area contributed by atoms with Gasteiger partial charge in [0.25, 0.3) is 0 Å². The third kappa shape index (κ3) is 2.58. The summed E-state index contributed by atoms with van der Waals surface area (Å²) in [5.74, 6) is -3.96. The Morgan fingerprint density at radius 2 is 1.90 bits per heavy atom. The first-order valence-electron chi connectivity index (χ1n) is 5.91. The molecule has 0 amide bonds. The molecule has 0 bridgehead atoms. The molecule has 0 aliphatic carbocycles. The largest absolute Gasteiger partial charge is 0.377 e. The maximum atomic E-state index is 13.6. The Labute approximate surface area is 125 Å². The molecule has 0 fully saturated rings. The molecule has 0 saturated carbocycles. The minimum absolute atomic E-state index is 0.114. The molecule has 1 aromatic carbocycles. The number of rotatable bonds is 3. The molecule has 2 aromatic heterocycles. The SMILES string of the molecule is Fc1ccc(NCc2cnc3cnc(Br)cn23)c(F)c1F. The zero-order chi connectivity index (χ0) is 15.0. The molecule has 3 aromatic rings. The average Bonchev–Trinajstić information content (AvgIpc) is 2.86. The van der Waals surface area contributed by atoms with E-state index >= 15 is 0 Å². The van der Waals surface area contributed by atoms with Crippen LogP contribution < -0.4 is 5.32 Å². The summed E-state index contributed by atoms with van der Waals surface area (Å²) in [7, 11) is 0. The maximum absolute atomic E-state index is 13.6. The summed E-state index contributed by atoms with van der Waals surface area (Å²) in [5, 5.41) is 2.72. The molecule has 108 valence electrons. The van der Waals surface area contributed by atoms with Gasteiger partial charge < -0.3 is 5.32 Å². The van der Waals surface area contributed by atoms with Crippen LogP contribution in [0.1, 0.15) is 5.69 Å². The van der Waals surface area contributed by atoms with Crippen molar-refractivity contribution in [2.45, 2.75) is 6.54 Å². The van der Waals surface area contributed by atoms with E-state index in [2.05, 4.69) is 31.2 Å². The van der Waals surface area contributed by atoms with E-state index in [1.54, 1.807) is 23.0 Å². The molecule has 21 heavy (non-hydrogen) atoms. The molecule has 4 nitrogen and oxygen atoms in total. The van der Waals surface area contributed by atoms with Gasteiger partial charge in [0.05, 0.1) is 30.3 Å². The summed E-state index contributed by atoms with van der Waals surface area (Å²) in [4.78, 5) is 8.17. The van der Waals surface area contributed by atoms with Crippen LogP contribution in [0.25, 0.3) is 5.65 Å². The summed E-state index contributed by atoms with van der Waals surface area (Å²) >= 11 is 3.25. The van der Waals surface area contributed by atoms with Crippen molar-refractivity contribution >= 4 is 27.3 Å². The number of hydrogen-bond donors (Lipinski definition) is 1. The Bertz CT molecular complexity index is 819. The predicted octanol–water partition coefficient (Wildman–Crippen LogP) is 3.52. The Morgan fingerprint density at radius 1 is 1.10 bits per heavy atom. The average molecular weight is 357 g/mol.